The Balaban J connectivity index is 0.00000169. The van der Waals surface area contributed by atoms with Crippen LogP contribution in [0.25, 0.3) is 0 Å². The lowest BCUT2D eigenvalue weighted by Gasteiger charge is -2.13. The minimum Gasteiger partial charge on any atom is -0.327 e. The fourth-order valence-corrected chi connectivity index (χ4v) is 1.58. The Kier molecular flexibility index (Phi) is 5.82. The van der Waals surface area contributed by atoms with Crippen molar-refractivity contribution in [3.05, 3.63) is 34.9 Å². The summed E-state index contributed by atoms with van der Waals surface area (Å²) in [5.74, 6) is 0. The lowest BCUT2D eigenvalue weighted by Crippen LogP contribution is -2.22. The predicted octanol–water partition coefficient (Wildman–Crippen LogP) is 3.01. The monoisotopic (exact) mass is 213 g/mol. The average molecular weight is 214 g/mol. The molecular weight excluding hydrogens is 194 g/mol. The fraction of sp³-hybridized carbons (Fsp3) is 0.500. The van der Waals surface area contributed by atoms with Crippen LogP contribution in [-0.4, -0.2) is 6.04 Å². The van der Waals surface area contributed by atoms with Gasteiger partial charge in [-0.05, 0) is 43.4 Å². The second-order valence-corrected chi connectivity index (χ2v) is 3.74. The van der Waals surface area contributed by atoms with Crippen LogP contribution < -0.4 is 5.73 Å². The zero-order valence-corrected chi connectivity index (χ0v) is 10.0. The van der Waals surface area contributed by atoms with Crippen LogP contribution in [0.4, 0.5) is 0 Å². The van der Waals surface area contributed by atoms with Crippen LogP contribution in [0.2, 0.25) is 0 Å². The first kappa shape index (κ1) is 13.5. The van der Waals surface area contributed by atoms with Gasteiger partial charge in [0.1, 0.15) is 0 Å². The normalized spacial score (nSPS) is 12.0. The highest BCUT2D eigenvalue weighted by Crippen LogP contribution is 2.15. The molecule has 1 rings (SSSR count). The molecule has 1 aromatic rings. The maximum Gasteiger partial charge on any atom is 0.00768 e. The van der Waals surface area contributed by atoms with Crippen molar-refractivity contribution in [3.8, 4) is 0 Å². The quantitative estimate of drug-likeness (QED) is 0.821. The first-order chi connectivity index (χ1) is 6.15. The van der Waals surface area contributed by atoms with Crippen LogP contribution in [0, 0.1) is 13.8 Å². The van der Waals surface area contributed by atoms with E-state index in [1.165, 1.54) is 16.7 Å². The maximum absolute atomic E-state index is 5.94. The van der Waals surface area contributed by atoms with Gasteiger partial charge in [0.05, 0.1) is 0 Å². The van der Waals surface area contributed by atoms with Crippen molar-refractivity contribution in [2.45, 2.75) is 39.7 Å². The van der Waals surface area contributed by atoms with Crippen LogP contribution in [0.1, 0.15) is 30.0 Å². The Morgan fingerprint density at radius 2 is 1.71 bits per heavy atom. The molecule has 0 amide bonds. The van der Waals surface area contributed by atoms with Gasteiger partial charge in [-0.2, -0.15) is 0 Å². The van der Waals surface area contributed by atoms with E-state index >= 15 is 0 Å². The van der Waals surface area contributed by atoms with Gasteiger partial charge in [0.15, 0.2) is 0 Å². The van der Waals surface area contributed by atoms with Gasteiger partial charge in [-0.25, -0.2) is 0 Å². The number of hydrogen-bond acceptors (Lipinski definition) is 1. The number of halogens is 1. The summed E-state index contributed by atoms with van der Waals surface area (Å²) in [6.07, 6.45) is 2.06. The summed E-state index contributed by atoms with van der Waals surface area (Å²) in [6.45, 7) is 6.45. The second kappa shape index (κ2) is 6.05. The molecule has 0 saturated carbocycles. The minimum atomic E-state index is 0. The maximum atomic E-state index is 5.94. The SMILES string of the molecule is CCC(N)Cc1c(C)cccc1C.Cl. The van der Waals surface area contributed by atoms with E-state index in [9.17, 15) is 0 Å². The third-order valence-corrected chi connectivity index (χ3v) is 2.64. The van der Waals surface area contributed by atoms with Crippen LogP contribution in [-0.2, 0) is 6.42 Å². The molecule has 1 unspecified atom stereocenters. The van der Waals surface area contributed by atoms with E-state index in [4.69, 9.17) is 5.73 Å². The Bertz CT molecular complexity index is 263. The third kappa shape index (κ3) is 3.32. The van der Waals surface area contributed by atoms with Gasteiger partial charge in [0, 0.05) is 6.04 Å². The summed E-state index contributed by atoms with van der Waals surface area (Å²) < 4.78 is 0. The zero-order valence-electron chi connectivity index (χ0n) is 9.21. The first-order valence-electron chi connectivity index (χ1n) is 4.95. The first-order valence-corrected chi connectivity index (χ1v) is 4.95. The van der Waals surface area contributed by atoms with Gasteiger partial charge in [0.2, 0.25) is 0 Å². The lowest BCUT2D eigenvalue weighted by molar-refractivity contribution is 0.642. The van der Waals surface area contributed by atoms with Crippen LogP contribution in [0.15, 0.2) is 18.2 Å². The molecule has 2 N–H and O–H groups in total. The molecule has 14 heavy (non-hydrogen) atoms. The predicted molar refractivity (Wildman–Crippen MR) is 65.1 cm³/mol. The van der Waals surface area contributed by atoms with E-state index in [0.29, 0.717) is 6.04 Å². The third-order valence-electron chi connectivity index (χ3n) is 2.64. The van der Waals surface area contributed by atoms with Crippen molar-refractivity contribution < 1.29 is 0 Å². The van der Waals surface area contributed by atoms with Crippen molar-refractivity contribution in [2.24, 2.45) is 5.73 Å². The Morgan fingerprint density at radius 1 is 1.21 bits per heavy atom. The summed E-state index contributed by atoms with van der Waals surface area (Å²) in [6, 6.07) is 6.72. The number of rotatable bonds is 3. The smallest absolute Gasteiger partial charge is 0.00768 e. The topological polar surface area (TPSA) is 26.0 Å². The number of aryl methyl sites for hydroxylation is 2. The van der Waals surface area contributed by atoms with Crippen molar-refractivity contribution in [2.75, 3.05) is 0 Å². The minimum absolute atomic E-state index is 0. The van der Waals surface area contributed by atoms with Gasteiger partial charge in [0.25, 0.3) is 0 Å². The van der Waals surface area contributed by atoms with Gasteiger partial charge >= 0.3 is 0 Å². The molecule has 0 radical (unpaired) electrons. The van der Waals surface area contributed by atoms with Crippen LogP contribution in [0.5, 0.6) is 0 Å². The summed E-state index contributed by atoms with van der Waals surface area (Å²) in [5, 5.41) is 0. The zero-order chi connectivity index (χ0) is 9.84. The van der Waals surface area contributed by atoms with Crippen molar-refractivity contribution in [1.29, 1.82) is 0 Å². The number of hydrogen-bond donors (Lipinski definition) is 1. The molecule has 0 aliphatic carbocycles. The standard InChI is InChI=1S/C12H19N.ClH/c1-4-11(13)8-12-9(2)6-5-7-10(12)3;/h5-7,11H,4,8,13H2,1-3H3;1H. The van der Waals surface area contributed by atoms with Gasteiger partial charge in [-0.3, -0.25) is 0 Å². The Morgan fingerprint density at radius 3 is 2.14 bits per heavy atom. The Labute approximate surface area is 93.1 Å². The van der Waals surface area contributed by atoms with E-state index in [1.807, 2.05) is 0 Å². The van der Waals surface area contributed by atoms with E-state index in [0.717, 1.165) is 12.8 Å². The summed E-state index contributed by atoms with van der Waals surface area (Å²) in [4.78, 5) is 0. The lowest BCUT2D eigenvalue weighted by atomic mass is 9.96. The molecule has 0 fully saturated rings. The van der Waals surface area contributed by atoms with E-state index in [2.05, 4.69) is 39.0 Å². The second-order valence-electron chi connectivity index (χ2n) is 3.74. The molecule has 2 heteroatoms. The molecule has 1 atom stereocenters. The largest absolute Gasteiger partial charge is 0.327 e. The molecule has 0 spiro atoms. The van der Waals surface area contributed by atoms with Crippen molar-refractivity contribution >= 4 is 12.4 Å². The van der Waals surface area contributed by atoms with E-state index in [1.54, 1.807) is 0 Å². The molecule has 0 heterocycles. The Hall–Kier alpha value is -0.530. The molecule has 0 saturated heterocycles. The molecule has 0 aliphatic heterocycles. The van der Waals surface area contributed by atoms with Crippen LogP contribution >= 0.6 is 12.4 Å². The molecular formula is C12H20ClN. The molecule has 0 aliphatic rings. The summed E-state index contributed by atoms with van der Waals surface area (Å²) in [5.41, 5.74) is 10.1. The molecule has 0 bridgehead atoms. The van der Waals surface area contributed by atoms with Crippen molar-refractivity contribution in [3.63, 3.8) is 0 Å². The van der Waals surface area contributed by atoms with Crippen molar-refractivity contribution in [1.82, 2.24) is 0 Å². The summed E-state index contributed by atoms with van der Waals surface area (Å²) >= 11 is 0. The van der Waals surface area contributed by atoms with E-state index in [-0.39, 0.29) is 12.4 Å². The molecule has 1 aromatic carbocycles. The average Bonchev–Trinajstić information content (AvgIpc) is 2.11. The molecule has 80 valence electrons. The highest BCUT2D eigenvalue weighted by molar-refractivity contribution is 5.85. The number of benzene rings is 1. The van der Waals surface area contributed by atoms with Gasteiger partial charge < -0.3 is 5.73 Å². The van der Waals surface area contributed by atoms with Gasteiger partial charge in [-0.15, -0.1) is 12.4 Å². The summed E-state index contributed by atoms with van der Waals surface area (Å²) in [7, 11) is 0. The highest BCUT2D eigenvalue weighted by atomic mass is 35.5. The molecule has 1 nitrogen and oxygen atoms in total. The molecule has 0 aromatic heterocycles. The van der Waals surface area contributed by atoms with Crippen LogP contribution in [0.3, 0.4) is 0 Å². The van der Waals surface area contributed by atoms with Gasteiger partial charge in [-0.1, -0.05) is 25.1 Å². The highest BCUT2D eigenvalue weighted by Gasteiger charge is 2.06. The van der Waals surface area contributed by atoms with E-state index < -0.39 is 0 Å². The number of nitrogens with two attached hydrogens (primary N) is 1. The fourth-order valence-electron chi connectivity index (χ4n) is 1.58.